The Morgan fingerprint density at radius 3 is 2.62 bits per heavy atom. The highest BCUT2D eigenvalue weighted by Gasteiger charge is 2.13. The number of nitro benzene ring substituents is 1. The molecule has 0 bridgehead atoms. The van der Waals surface area contributed by atoms with Crippen LogP contribution in [0.5, 0.6) is 0 Å². The van der Waals surface area contributed by atoms with Gasteiger partial charge in [0.1, 0.15) is 5.69 Å². The lowest BCUT2D eigenvalue weighted by Crippen LogP contribution is -2.06. The van der Waals surface area contributed by atoms with Crippen LogP contribution in [0.3, 0.4) is 0 Å². The Kier molecular flexibility index (Phi) is 8.34. The predicted octanol–water partition coefficient (Wildman–Crippen LogP) is 2.21. The molecule has 7 nitrogen and oxygen atoms in total. The number of rotatable bonds is 11. The molecule has 1 aromatic carbocycles. The van der Waals surface area contributed by atoms with Gasteiger partial charge in [-0.05, 0) is 18.1 Å². The molecule has 0 atom stereocenters. The van der Waals surface area contributed by atoms with Gasteiger partial charge >= 0.3 is 0 Å². The number of nitrogens with zero attached hydrogens (tertiary/aromatic N) is 1. The molecule has 0 aliphatic carbocycles. The Morgan fingerprint density at radius 2 is 1.95 bits per heavy atom. The van der Waals surface area contributed by atoms with Crippen LogP contribution >= 0.6 is 0 Å². The first-order chi connectivity index (χ1) is 10.2. The van der Waals surface area contributed by atoms with Crippen molar-refractivity contribution in [2.45, 2.75) is 13.0 Å². The van der Waals surface area contributed by atoms with Gasteiger partial charge in [0.2, 0.25) is 0 Å². The molecule has 1 rings (SSSR count). The number of hydrogen-bond donors (Lipinski definition) is 1. The molecule has 0 saturated heterocycles. The highest BCUT2D eigenvalue weighted by atomic mass is 16.6. The Hall–Kier alpha value is -1.70. The first kappa shape index (κ1) is 17.4. The molecule has 0 spiro atoms. The van der Waals surface area contributed by atoms with Crippen LogP contribution in [0, 0.1) is 10.1 Å². The Balaban J connectivity index is 2.29. The van der Waals surface area contributed by atoms with E-state index in [0.717, 1.165) is 12.0 Å². The lowest BCUT2D eigenvalue weighted by atomic mass is 10.2. The molecule has 7 heteroatoms. The molecule has 0 aliphatic rings. The van der Waals surface area contributed by atoms with Crippen molar-refractivity contribution >= 4 is 11.4 Å². The number of benzene rings is 1. The van der Waals surface area contributed by atoms with E-state index in [0.29, 0.717) is 38.7 Å². The number of nitrogens with one attached hydrogen (secondary N) is 1. The van der Waals surface area contributed by atoms with Crippen molar-refractivity contribution in [2.24, 2.45) is 0 Å². The van der Waals surface area contributed by atoms with E-state index in [1.54, 1.807) is 20.2 Å². The summed E-state index contributed by atoms with van der Waals surface area (Å²) in [6, 6.07) is 5.03. The van der Waals surface area contributed by atoms with Crippen molar-refractivity contribution in [3.63, 3.8) is 0 Å². The van der Waals surface area contributed by atoms with Crippen molar-refractivity contribution in [1.29, 1.82) is 0 Å². The standard InChI is InChI=1S/C14H22N2O5/c1-15-13-5-4-12(10-14(13)16(17)18)11-21-7-3-6-20-9-8-19-2/h4-5,10,15H,3,6-9,11H2,1-2H3. The zero-order valence-electron chi connectivity index (χ0n) is 12.5. The second-order valence-corrected chi connectivity index (χ2v) is 4.37. The summed E-state index contributed by atoms with van der Waals surface area (Å²) in [6.45, 7) is 2.68. The largest absolute Gasteiger partial charge is 0.383 e. The monoisotopic (exact) mass is 298 g/mol. The molecule has 0 fully saturated rings. The third kappa shape index (κ3) is 6.52. The molecule has 0 amide bonds. The van der Waals surface area contributed by atoms with E-state index in [-0.39, 0.29) is 5.69 Å². The van der Waals surface area contributed by atoms with Gasteiger partial charge in [-0.1, -0.05) is 6.07 Å². The Bertz CT molecular complexity index is 439. The van der Waals surface area contributed by atoms with Gasteiger partial charge in [0, 0.05) is 33.4 Å². The maximum atomic E-state index is 10.9. The fourth-order valence-corrected chi connectivity index (χ4v) is 1.73. The minimum atomic E-state index is -0.404. The van der Waals surface area contributed by atoms with Crippen molar-refractivity contribution < 1.29 is 19.1 Å². The highest BCUT2D eigenvalue weighted by Crippen LogP contribution is 2.25. The summed E-state index contributed by atoms with van der Waals surface area (Å²) in [5, 5.41) is 13.7. The number of methoxy groups -OCH3 is 1. The maximum Gasteiger partial charge on any atom is 0.292 e. The van der Waals surface area contributed by atoms with Gasteiger partial charge < -0.3 is 19.5 Å². The van der Waals surface area contributed by atoms with Crippen LogP contribution in [-0.2, 0) is 20.8 Å². The maximum absolute atomic E-state index is 10.9. The molecule has 0 aromatic heterocycles. The summed E-state index contributed by atoms with van der Waals surface area (Å²) in [5.41, 5.74) is 1.33. The van der Waals surface area contributed by atoms with Gasteiger partial charge in [0.15, 0.2) is 0 Å². The predicted molar refractivity (Wildman–Crippen MR) is 79.6 cm³/mol. The molecule has 1 aromatic rings. The third-order valence-electron chi connectivity index (χ3n) is 2.81. The average molecular weight is 298 g/mol. The van der Waals surface area contributed by atoms with Crippen LogP contribution in [0.1, 0.15) is 12.0 Å². The van der Waals surface area contributed by atoms with Gasteiger partial charge in [-0.15, -0.1) is 0 Å². The van der Waals surface area contributed by atoms with E-state index < -0.39 is 4.92 Å². The smallest absolute Gasteiger partial charge is 0.292 e. The molecule has 0 aliphatic heterocycles. The fraction of sp³-hybridized carbons (Fsp3) is 0.571. The first-order valence-electron chi connectivity index (χ1n) is 6.78. The molecule has 118 valence electrons. The van der Waals surface area contributed by atoms with Crippen LogP contribution < -0.4 is 5.32 Å². The van der Waals surface area contributed by atoms with Gasteiger partial charge in [-0.3, -0.25) is 10.1 Å². The second-order valence-electron chi connectivity index (χ2n) is 4.37. The van der Waals surface area contributed by atoms with Gasteiger partial charge in [0.05, 0.1) is 24.7 Å². The normalized spacial score (nSPS) is 10.6. The molecule has 0 radical (unpaired) electrons. The van der Waals surface area contributed by atoms with Crippen LogP contribution in [0.25, 0.3) is 0 Å². The van der Waals surface area contributed by atoms with Crippen LogP contribution in [0.4, 0.5) is 11.4 Å². The lowest BCUT2D eigenvalue weighted by molar-refractivity contribution is -0.384. The summed E-state index contributed by atoms with van der Waals surface area (Å²) in [4.78, 5) is 10.5. The van der Waals surface area contributed by atoms with Crippen molar-refractivity contribution in [3.05, 3.63) is 33.9 Å². The molecule has 1 N–H and O–H groups in total. The van der Waals surface area contributed by atoms with E-state index in [1.165, 1.54) is 6.07 Å². The minimum absolute atomic E-state index is 0.0569. The van der Waals surface area contributed by atoms with Crippen molar-refractivity contribution in [3.8, 4) is 0 Å². The van der Waals surface area contributed by atoms with Crippen LogP contribution in [0.15, 0.2) is 18.2 Å². The summed E-state index contributed by atoms with van der Waals surface area (Å²) >= 11 is 0. The van der Waals surface area contributed by atoms with Gasteiger partial charge in [-0.25, -0.2) is 0 Å². The summed E-state index contributed by atoms with van der Waals surface area (Å²) in [6.07, 6.45) is 0.778. The number of nitro groups is 1. The minimum Gasteiger partial charge on any atom is -0.383 e. The lowest BCUT2D eigenvalue weighted by Gasteiger charge is -2.07. The van der Waals surface area contributed by atoms with E-state index in [1.807, 2.05) is 6.07 Å². The van der Waals surface area contributed by atoms with Crippen molar-refractivity contribution in [1.82, 2.24) is 0 Å². The Morgan fingerprint density at radius 1 is 1.19 bits per heavy atom. The third-order valence-corrected chi connectivity index (χ3v) is 2.81. The fourth-order valence-electron chi connectivity index (χ4n) is 1.73. The van der Waals surface area contributed by atoms with Crippen LogP contribution in [0.2, 0.25) is 0 Å². The topological polar surface area (TPSA) is 82.9 Å². The summed E-state index contributed by atoms with van der Waals surface area (Å²) in [5.74, 6) is 0. The van der Waals surface area contributed by atoms with E-state index >= 15 is 0 Å². The van der Waals surface area contributed by atoms with Crippen LogP contribution in [-0.4, -0.2) is 45.5 Å². The number of anilines is 1. The van der Waals surface area contributed by atoms with Crippen molar-refractivity contribution in [2.75, 3.05) is 45.9 Å². The van der Waals surface area contributed by atoms with Gasteiger partial charge in [-0.2, -0.15) is 0 Å². The zero-order chi connectivity index (χ0) is 15.5. The number of hydrogen-bond acceptors (Lipinski definition) is 6. The van der Waals surface area contributed by atoms with E-state index in [9.17, 15) is 10.1 Å². The Labute approximate surface area is 124 Å². The first-order valence-corrected chi connectivity index (χ1v) is 6.78. The molecular weight excluding hydrogens is 276 g/mol. The molecular formula is C14H22N2O5. The zero-order valence-corrected chi connectivity index (χ0v) is 12.5. The summed E-state index contributed by atoms with van der Waals surface area (Å²) in [7, 11) is 3.28. The molecule has 21 heavy (non-hydrogen) atoms. The summed E-state index contributed by atoms with van der Waals surface area (Å²) < 4.78 is 15.6. The highest BCUT2D eigenvalue weighted by molar-refractivity contribution is 5.62. The molecule has 0 unspecified atom stereocenters. The van der Waals surface area contributed by atoms with Gasteiger partial charge in [0.25, 0.3) is 5.69 Å². The number of ether oxygens (including phenoxy) is 3. The second kappa shape index (κ2) is 10.1. The molecule has 0 saturated carbocycles. The van der Waals surface area contributed by atoms with E-state index in [4.69, 9.17) is 14.2 Å². The quantitative estimate of drug-likeness (QED) is 0.383. The average Bonchev–Trinajstić information content (AvgIpc) is 2.49. The van der Waals surface area contributed by atoms with E-state index in [2.05, 4.69) is 5.32 Å². The SMILES string of the molecule is CNc1ccc(COCCCOCCOC)cc1[N+](=O)[O-]. The molecule has 0 heterocycles.